The lowest BCUT2D eigenvalue weighted by molar-refractivity contribution is -0.131. The van der Waals surface area contributed by atoms with E-state index in [4.69, 9.17) is 0 Å². The molecule has 1 aromatic heterocycles. The van der Waals surface area contributed by atoms with Gasteiger partial charge in [-0.1, -0.05) is 31.4 Å². The molecule has 130 valence electrons. The first-order valence-corrected chi connectivity index (χ1v) is 9.70. The van der Waals surface area contributed by atoms with Crippen molar-refractivity contribution in [1.29, 1.82) is 0 Å². The van der Waals surface area contributed by atoms with Crippen LogP contribution in [0.25, 0.3) is 10.2 Å². The first-order chi connectivity index (χ1) is 11.6. The van der Waals surface area contributed by atoms with E-state index in [1.165, 1.54) is 36.8 Å². The maximum Gasteiger partial charge on any atom is 0.236 e. The molecule has 3 rings (SSSR count). The summed E-state index contributed by atoms with van der Waals surface area (Å²) in [7, 11) is 3.95. The van der Waals surface area contributed by atoms with Gasteiger partial charge in [-0.2, -0.15) is 0 Å². The van der Waals surface area contributed by atoms with Crippen LogP contribution in [0.3, 0.4) is 0 Å². The molecule has 0 bridgehead atoms. The summed E-state index contributed by atoms with van der Waals surface area (Å²) in [6.45, 7) is 2.09. The Bertz CT molecular complexity index is 645. The lowest BCUT2D eigenvalue weighted by Gasteiger charge is -2.28. The van der Waals surface area contributed by atoms with Crippen molar-refractivity contribution >= 4 is 27.5 Å². The second kappa shape index (κ2) is 8.08. The molecule has 1 aromatic carbocycles. The summed E-state index contributed by atoms with van der Waals surface area (Å²) in [5.41, 5.74) is 1.05. The summed E-state index contributed by atoms with van der Waals surface area (Å²) in [5.74, 6) is 0.909. The zero-order valence-corrected chi connectivity index (χ0v) is 15.5. The van der Waals surface area contributed by atoms with Gasteiger partial charge in [0.05, 0.1) is 23.3 Å². The predicted octanol–water partition coefficient (Wildman–Crippen LogP) is 3.77. The van der Waals surface area contributed by atoms with Crippen LogP contribution < -0.4 is 0 Å². The average molecular weight is 346 g/mol. The van der Waals surface area contributed by atoms with Gasteiger partial charge in [0.2, 0.25) is 5.91 Å². The summed E-state index contributed by atoms with van der Waals surface area (Å²) in [6, 6.07) is 8.19. The van der Waals surface area contributed by atoms with Crippen LogP contribution in [0.15, 0.2) is 24.3 Å². The highest BCUT2D eigenvalue weighted by Crippen LogP contribution is 2.24. The maximum atomic E-state index is 12.5. The number of benzene rings is 1. The number of hydrogen-bond acceptors (Lipinski definition) is 4. The second-order valence-electron chi connectivity index (χ2n) is 7.03. The molecule has 0 N–H and O–H groups in total. The third-order valence-corrected chi connectivity index (χ3v) is 5.85. The lowest BCUT2D eigenvalue weighted by Crippen LogP contribution is -2.39. The van der Waals surface area contributed by atoms with Gasteiger partial charge in [-0.15, -0.1) is 11.3 Å². The van der Waals surface area contributed by atoms with Crippen molar-refractivity contribution in [3.05, 3.63) is 29.3 Å². The molecule has 0 aliphatic heterocycles. The molecule has 1 aliphatic rings. The van der Waals surface area contributed by atoms with Crippen LogP contribution in [0.5, 0.6) is 0 Å². The fourth-order valence-electron chi connectivity index (χ4n) is 3.48. The lowest BCUT2D eigenvalue weighted by atomic mass is 9.89. The molecule has 1 saturated carbocycles. The second-order valence-corrected chi connectivity index (χ2v) is 8.14. The molecule has 1 heterocycles. The third-order valence-electron chi connectivity index (χ3n) is 4.83. The Morgan fingerprint density at radius 2 is 1.96 bits per heavy atom. The molecule has 0 atom stereocenters. The van der Waals surface area contributed by atoms with Crippen LogP contribution in [0.1, 0.15) is 37.1 Å². The third kappa shape index (κ3) is 4.54. The van der Waals surface area contributed by atoms with Gasteiger partial charge >= 0.3 is 0 Å². The Morgan fingerprint density at radius 3 is 2.71 bits per heavy atom. The molecule has 0 unspecified atom stereocenters. The van der Waals surface area contributed by atoms with Crippen LogP contribution in [-0.4, -0.2) is 47.9 Å². The highest BCUT2D eigenvalue weighted by atomic mass is 32.1. The van der Waals surface area contributed by atoms with Gasteiger partial charge in [0.25, 0.3) is 0 Å². The summed E-state index contributed by atoms with van der Waals surface area (Å²) < 4.78 is 1.21. The smallest absolute Gasteiger partial charge is 0.236 e. The number of hydrogen-bond donors (Lipinski definition) is 0. The summed E-state index contributed by atoms with van der Waals surface area (Å²) >= 11 is 1.71. The van der Waals surface area contributed by atoms with Gasteiger partial charge in [-0.05, 0) is 37.9 Å². The Balaban J connectivity index is 1.49. The number of carbonyl (C=O) groups excluding carboxylic acids is 1. The molecule has 2 aromatic rings. The first kappa shape index (κ1) is 17.4. The van der Waals surface area contributed by atoms with E-state index in [1.54, 1.807) is 11.3 Å². The van der Waals surface area contributed by atoms with Crippen LogP contribution in [0.2, 0.25) is 0 Å². The van der Waals surface area contributed by atoms with E-state index in [2.05, 4.69) is 16.0 Å². The van der Waals surface area contributed by atoms with Crippen LogP contribution in [-0.2, 0) is 11.3 Å². The normalized spacial score (nSPS) is 16.0. The fraction of sp³-hybridized carbons (Fsp3) is 0.579. The minimum Gasteiger partial charge on any atom is -0.344 e. The van der Waals surface area contributed by atoms with Gasteiger partial charge in [0.15, 0.2) is 0 Å². The van der Waals surface area contributed by atoms with Gasteiger partial charge in [0.1, 0.15) is 5.01 Å². The SMILES string of the molecule is CN(CC(=O)N(C)CC1CCCCC1)Cc1nc2ccccc2s1. The predicted molar refractivity (Wildman–Crippen MR) is 100 cm³/mol. The number of para-hydroxylation sites is 1. The van der Waals surface area contributed by atoms with E-state index < -0.39 is 0 Å². The largest absolute Gasteiger partial charge is 0.344 e. The van der Waals surface area contributed by atoms with Crippen molar-refractivity contribution in [2.75, 3.05) is 27.2 Å². The van der Waals surface area contributed by atoms with E-state index in [0.29, 0.717) is 12.5 Å². The van der Waals surface area contributed by atoms with Crippen molar-refractivity contribution in [3.63, 3.8) is 0 Å². The molecule has 24 heavy (non-hydrogen) atoms. The topological polar surface area (TPSA) is 36.4 Å². The number of nitrogens with zero attached hydrogens (tertiary/aromatic N) is 3. The molecular weight excluding hydrogens is 318 g/mol. The van der Waals surface area contributed by atoms with Crippen molar-refractivity contribution in [1.82, 2.24) is 14.8 Å². The minimum absolute atomic E-state index is 0.212. The molecule has 0 spiro atoms. The summed E-state index contributed by atoms with van der Waals surface area (Å²) in [4.78, 5) is 21.1. The van der Waals surface area contributed by atoms with Crippen LogP contribution in [0.4, 0.5) is 0 Å². The van der Waals surface area contributed by atoms with Crippen molar-refractivity contribution < 1.29 is 4.79 Å². The van der Waals surface area contributed by atoms with E-state index in [0.717, 1.165) is 23.6 Å². The Hall–Kier alpha value is -1.46. The summed E-state index contributed by atoms with van der Waals surface area (Å²) in [6.07, 6.45) is 6.56. The maximum absolute atomic E-state index is 12.5. The van der Waals surface area contributed by atoms with E-state index in [-0.39, 0.29) is 5.91 Å². The Morgan fingerprint density at radius 1 is 1.21 bits per heavy atom. The molecule has 4 nitrogen and oxygen atoms in total. The van der Waals surface area contributed by atoms with Crippen molar-refractivity contribution in [3.8, 4) is 0 Å². The Labute approximate surface area is 148 Å². The molecular formula is C19H27N3OS. The van der Waals surface area contributed by atoms with Crippen LogP contribution >= 0.6 is 11.3 Å². The number of carbonyl (C=O) groups is 1. The summed E-state index contributed by atoms with van der Waals surface area (Å²) in [5, 5.41) is 1.07. The zero-order chi connectivity index (χ0) is 16.9. The quantitative estimate of drug-likeness (QED) is 0.800. The molecule has 0 radical (unpaired) electrons. The monoisotopic (exact) mass is 345 g/mol. The zero-order valence-electron chi connectivity index (χ0n) is 14.7. The fourth-order valence-corrected chi connectivity index (χ4v) is 4.53. The van der Waals surface area contributed by atoms with Gasteiger partial charge < -0.3 is 4.90 Å². The number of rotatable bonds is 6. The first-order valence-electron chi connectivity index (χ1n) is 8.89. The van der Waals surface area contributed by atoms with E-state index >= 15 is 0 Å². The van der Waals surface area contributed by atoms with E-state index in [1.807, 2.05) is 37.2 Å². The number of likely N-dealkylation sites (N-methyl/N-ethyl adjacent to an activating group) is 2. The van der Waals surface area contributed by atoms with Gasteiger partial charge in [-0.25, -0.2) is 4.98 Å². The van der Waals surface area contributed by atoms with Gasteiger partial charge in [0, 0.05) is 13.6 Å². The van der Waals surface area contributed by atoms with E-state index in [9.17, 15) is 4.79 Å². The molecule has 0 saturated heterocycles. The van der Waals surface area contributed by atoms with Gasteiger partial charge in [-0.3, -0.25) is 9.69 Å². The number of aromatic nitrogens is 1. The number of amides is 1. The standard InChI is InChI=1S/C19H27N3OS/c1-21(13-18-20-16-10-6-7-11-17(16)24-18)14-19(23)22(2)12-15-8-4-3-5-9-15/h6-7,10-11,15H,3-5,8-9,12-14H2,1-2H3. The average Bonchev–Trinajstić information content (AvgIpc) is 2.97. The highest BCUT2D eigenvalue weighted by molar-refractivity contribution is 7.18. The highest BCUT2D eigenvalue weighted by Gasteiger charge is 2.19. The van der Waals surface area contributed by atoms with Crippen LogP contribution in [0, 0.1) is 5.92 Å². The molecule has 5 heteroatoms. The minimum atomic E-state index is 0.212. The molecule has 1 aliphatic carbocycles. The molecule has 1 fully saturated rings. The number of thiazole rings is 1. The molecule has 1 amide bonds. The van der Waals surface area contributed by atoms with Crippen molar-refractivity contribution in [2.24, 2.45) is 5.92 Å². The number of fused-ring (bicyclic) bond motifs is 1. The Kier molecular flexibility index (Phi) is 5.85. The van der Waals surface area contributed by atoms with Crippen molar-refractivity contribution in [2.45, 2.75) is 38.6 Å².